The Morgan fingerprint density at radius 1 is 1.08 bits per heavy atom. The summed E-state index contributed by atoms with van der Waals surface area (Å²) in [4.78, 5) is 22.0. The van der Waals surface area contributed by atoms with Crippen molar-refractivity contribution in [3.8, 4) is 5.75 Å². The van der Waals surface area contributed by atoms with Crippen LogP contribution in [0.3, 0.4) is 0 Å². The highest BCUT2D eigenvalue weighted by atomic mass is 32.2. The van der Waals surface area contributed by atoms with Crippen LogP contribution in [0.4, 0.5) is 5.69 Å². The van der Waals surface area contributed by atoms with Crippen molar-refractivity contribution in [1.29, 1.82) is 0 Å². The van der Waals surface area contributed by atoms with E-state index < -0.39 is 28.4 Å². The fourth-order valence-corrected chi connectivity index (χ4v) is 2.91. The number of sulfonamides is 1. The number of hydrogen-bond donors (Lipinski definition) is 2. The molecule has 0 unspecified atom stereocenters. The van der Waals surface area contributed by atoms with Gasteiger partial charge in [0, 0.05) is 0 Å². The Morgan fingerprint density at radius 2 is 1.71 bits per heavy atom. The molecule has 2 N–H and O–H groups in total. The number of nitrogens with one attached hydrogen (secondary N) is 1. The van der Waals surface area contributed by atoms with Gasteiger partial charge in [-0.15, -0.1) is 0 Å². The number of carbonyl (C=O) groups excluding carboxylic acids is 1. The van der Waals surface area contributed by atoms with E-state index in [-0.39, 0.29) is 16.3 Å². The van der Waals surface area contributed by atoms with Gasteiger partial charge in [-0.05, 0) is 31.2 Å². The summed E-state index contributed by atoms with van der Waals surface area (Å²) < 4.78 is 32.0. The topological polar surface area (TPSA) is 110 Å². The molecule has 0 heterocycles. The maximum atomic E-state index is 12.4. The number of hydrogen-bond acceptors (Lipinski definition) is 5. The normalized spacial score (nSPS) is 10.9. The maximum Gasteiger partial charge on any atom is 0.322 e. The summed E-state index contributed by atoms with van der Waals surface area (Å²) >= 11 is 0. The van der Waals surface area contributed by atoms with Crippen LogP contribution in [-0.4, -0.2) is 25.5 Å². The molecule has 0 aliphatic carbocycles. The molecule has 126 valence electrons. The van der Waals surface area contributed by atoms with Gasteiger partial charge in [-0.2, -0.15) is 0 Å². The first kappa shape index (κ1) is 17.5. The molecule has 0 fully saturated rings. The predicted molar refractivity (Wildman–Crippen MR) is 86.3 cm³/mol. The van der Waals surface area contributed by atoms with Crippen LogP contribution in [0.1, 0.15) is 12.0 Å². The summed E-state index contributed by atoms with van der Waals surface area (Å²) in [5.41, 5.74) is 0.953. The van der Waals surface area contributed by atoms with E-state index in [1.54, 1.807) is 18.2 Å². The number of esters is 1. The van der Waals surface area contributed by atoms with Crippen LogP contribution in [0.5, 0.6) is 5.75 Å². The first-order valence-corrected chi connectivity index (χ1v) is 8.37. The van der Waals surface area contributed by atoms with Gasteiger partial charge < -0.3 is 9.84 Å². The van der Waals surface area contributed by atoms with E-state index in [0.717, 1.165) is 5.56 Å². The van der Waals surface area contributed by atoms with Gasteiger partial charge >= 0.3 is 11.9 Å². The van der Waals surface area contributed by atoms with Crippen LogP contribution in [0.15, 0.2) is 53.4 Å². The Hall–Kier alpha value is -2.87. The Morgan fingerprint density at radius 3 is 2.33 bits per heavy atom. The molecule has 8 heteroatoms. The van der Waals surface area contributed by atoms with Crippen molar-refractivity contribution in [2.24, 2.45) is 0 Å². The highest BCUT2D eigenvalue weighted by Gasteiger charge is 2.18. The quantitative estimate of drug-likeness (QED) is 0.470. The third kappa shape index (κ3) is 4.56. The van der Waals surface area contributed by atoms with Crippen LogP contribution >= 0.6 is 0 Å². The molecule has 2 aromatic carbocycles. The largest absolute Gasteiger partial charge is 0.481 e. The molecule has 0 aliphatic heterocycles. The van der Waals surface area contributed by atoms with Gasteiger partial charge in [0.15, 0.2) is 5.75 Å². The van der Waals surface area contributed by atoms with E-state index in [2.05, 4.69) is 4.72 Å². The summed E-state index contributed by atoms with van der Waals surface area (Å²) in [7, 11) is -3.87. The van der Waals surface area contributed by atoms with Gasteiger partial charge in [0.1, 0.15) is 6.42 Å². The average molecular weight is 349 g/mol. The van der Waals surface area contributed by atoms with Gasteiger partial charge in [-0.1, -0.05) is 29.8 Å². The number of anilines is 1. The predicted octanol–water partition coefficient (Wildman–Crippen LogP) is 2.18. The number of carbonyl (C=O) groups is 2. The highest BCUT2D eigenvalue weighted by Crippen LogP contribution is 2.27. The SMILES string of the molecule is Cc1ccc(S(=O)(=O)Nc2ccccc2OC(=O)CC(=O)O)cc1. The monoisotopic (exact) mass is 349 g/mol. The number of carboxylic acids is 1. The Labute approximate surface area is 138 Å². The van der Waals surface area contributed by atoms with E-state index in [1.807, 2.05) is 6.92 Å². The molecule has 0 bridgehead atoms. The molecule has 0 saturated heterocycles. The lowest BCUT2D eigenvalue weighted by atomic mass is 10.2. The van der Waals surface area contributed by atoms with Crippen LogP contribution in [-0.2, 0) is 19.6 Å². The molecule has 0 radical (unpaired) electrons. The third-order valence-corrected chi connectivity index (χ3v) is 4.36. The standard InChI is InChI=1S/C16H15NO6S/c1-11-6-8-12(9-7-11)24(21,22)17-13-4-2-3-5-14(13)23-16(20)10-15(18)19/h2-9,17H,10H2,1H3,(H,18,19). The molecule has 0 spiro atoms. The summed E-state index contributed by atoms with van der Waals surface area (Å²) in [5, 5.41) is 8.58. The lowest BCUT2D eigenvalue weighted by Gasteiger charge is -2.12. The van der Waals surface area contributed by atoms with Crippen molar-refractivity contribution in [1.82, 2.24) is 0 Å². The third-order valence-electron chi connectivity index (χ3n) is 2.98. The molecular formula is C16H15NO6S. The van der Waals surface area contributed by atoms with Crippen molar-refractivity contribution >= 4 is 27.6 Å². The Balaban J connectivity index is 2.25. The number of carboxylic acid groups (broad SMARTS) is 1. The molecule has 0 amide bonds. The average Bonchev–Trinajstić information content (AvgIpc) is 2.48. The zero-order valence-electron chi connectivity index (χ0n) is 12.7. The van der Waals surface area contributed by atoms with Crippen molar-refractivity contribution < 1.29 is 27.9 Å². The molecule has 7 nitrogen and oxygen atoms in total. The number of aliphatic carboxylic acids is 1. The molecule has 0 atom stereocenters. The summed E-state index contributed by atoms with van der Waals surface area (Å²) in [6.07, 6.45) is -0.820. The van der Waals surface area contributed by atoms with E-state index >= 15 is 0 Å². The minimum atomic E-state index is -3.87. The van der Waals surface area contributed by atoms with Gasteiger partial charge in [0.2, 0.25) is 0 Å². The molecule has 24 heavy (non-hydrogen) atoms. The Kier molecular flexibility index (Phi) is 5.20. The number of ether oxygens (including phenoxy) is 1. The van der Waals surface area contributed by atoms with E-state index in [1.165, 1.54) is 30.3 Å². The second kappa shape index (κ2) is 7.14. The highest BCUT2D eigenvalue weighted by molar-refractivity contribution is 7.92. The van der Waals surface area contributed by atoms with Crippen molar-refractivity contribution in [2.75, 3.05) is 4.72 Å². The van der Waals surface area contributed by atoms with Crippen LogP contribution in [0, 0.1) is 6.92 Å². The van der Waals surface area contributed by atoms with Crippen LogP contribution in [0.25, 0.3) is 0 Å². The van der Waals surface area contributed by atoms with Crippen molar-refractivity contribution in [3.63, 3.8) is 0 Å². The van der Waals surface area contributed by atoms with Crippen LogP contribution < -0.4 is 9.46 Å². The molecule has 0 saturated carbocycles. The molecule has 2 rings (SSSR count). The first-order valence-electron chi connectivity index (χ1n) is 6.89. The van der Waals surface area contributed by atoms with E-state index in [0.29, 0.717) is 0 Å². The van der Waals surface area contributed by atoms with Gasteiger partial charge in [-0.3, -0.25) is 14.3 Å². The second-order valence-corrected chi connectivity index (χ2v) is 6.64. The lowest BCUT2D eigenvalue weighted by molar-refractivity contribution is -0.145. The molecule has 0 aromatic heterocycles. The summed E-state index contributed by atoms with van der Waals surface area (Å²) in [6, 6.07) is 12.1. The Bertz CT molecular complexity index is 858. The molecular weight excluding hydrogens is 334 g/mol. The number of aryl methyl sites for hydroxylation is 1. The van der Waals surface area contributed by atoms with Crippen molar-refractivity contribution in [2.45, 2.75) is 18.2 Å². The smallest absolute Gasteiger partial charge is 0.322 e. The van der Waals surface area contributed by atoms with E-state index in [4.69, 9.17) is 9.84 Å². The molecule has 2 aromatic rings. The zero-order valence-corrected chi connectivity index (χ0v) is 13.5. The van der Waals surface area contributed by atoms with Gasteiger partial charge in [0.05, 0.1) is 10.6 Å². The number of para-hydroxylation sites is 2. The number of benzene rings is 2. The number of rotatable bonds is 6. The van der Waals surface area contributed by atoms with Gasteiger partial charge in [0.25, 0.3) is 10.0 Å². The maximum absolute atomic E-state index is 12.4. The van der Waals surface area contributed by atoms with Gasteiger partial charge in [-0.25, -0.2) is 8.42 Å². The minimum Gasteiger partial charge on any atom is -0.481 e. The summed E-state index contributed by atoms with van der Waals surface area (Å²) in [6.45, 7) is 1.83. The fourth-order valence-electron chi connectivity index (χ4n) is 1.84. The second-order valence-electron chi connectivity index (χ2n) is 4.96. The van der Waals surface area contributed by atoms with E-state index in [9.17, 15) is 18.0 Å². The van der Waals surface area contributed by atoms with Crippen molar-refractivity contribution in [3.05, 3.63) is 54.1 Å². The summed E-state index contributed by atoms with van der Waals surface area (Å²) in [5.74, 6) is -2.40. The fraction of sp³-hybridized carbons (Fsp3) is 0.125. The first-order chi connectivity index (χ1) is 11.3. The molecule has 0 aliphatic rings. The lowest BCUT2D eigenvalue weighted by Crippen LogP contribution is -2.17. The zero-order chi connectivity index (χ0) is 17.7. The van der Waals surface area contributed by atoms with Crippen LogP contribution in [0.2, 0.25) is 0 Å². The minimum absolute atomic E-state index is 0.0387.